The molecule has 0 aromatic heterocycles. The van der Waals surface area contributed by atoms with Gasteiger partial charge in [0.2, 0.25) is 5.91 Å². The zero-order valence-corrected chi connectivity index (χ0v) is 10.9. The average molecular weight is 246 g/mol. The lowest BCUT2D eigenvalue weighted by Gasteiger charge is -2.25. The number of carbonyl (C=O) groups is 1. The summed E-state index contributed by atoms with van der Waals surface area (Å²) in [5.74, 6) is 1.67. The fraction of sp³-hybridized carbons (Fsp3) is 0.909. The highest BCUT2D eigenvalue weighted by Crippen LogP contribution is 2.19. The SMILES string of the molecule is CNC(C)(CCSCC1CCCO1)C(N)=O. The molecule has 0 saturated carbocycles. The van der Waals surface area contributed by atoms with Gasteiger partial charge in [0.1, 0.15) is 0 Å². The van der Waals surface area contributed by atoms with E-state index in [9.17, 15) is 4.79 Å². The van der Waals surface area contributed by atoms with Crippen LogP contribution < -0.4 is 11.1 Å². The summed E-state index contributed by atoms with van der Waals surface area (Å²) >= 11 is 1.84. The number of likely N-dealkylation sites (N-methyl/N-ethyl adjacent to an activating group) is 1. The van der Waals surface area contributed by atoms with Gasteiger partial charge in [-0.1, -0.05) is 0 Å². The number of amides is 1. The van der Waals surface area contributed by atoms with Crippen molar-refractivity contribution >= 4 is 17.7 Å². The molecule has 0 radical (unpaired) electrons. The normalized spacial score (nSPS) is 24.2. The lowest BCUT2D eigenvalue weighted by Crippen LogP contribution is -2.51. The molecule has 94 valence electrons. The predicted molar refractivity (Wildman–Crippen MR) is 67.6 cm³/mol. The second-order valence-corrected chi connectivity index (χ2v) is 5.56. The number of hydrogen-bond acceptors (Lipinski definition) is 4. The summed E-state index contributed by atoms with van der Waals surface area (Å²) in [6, 6.07) is 0. The first-order valence-corrected chi connectivity index (χ1v) is 6.92. The number of thioether (sulfide) groups is 1. The molecule has 0 spiro atoms. The second kappa shape index (κ2) is 6.47. The Morgan fingerprint density at radius 3 is 2.94 bits per heavy atom. The van der Waals surface area contributed by atoms with E-state index in [1.807, 2.05) is 18.7 Å². The largest absolute Gasteiger partial charge is 0.377 e. The molecule has 1 rings (SSSR count). The second-order valence-electron chi connectivity index (χ2n) is 4.41. The molecule has 1 aliphatic rings. The molecule has 1 amide bonds. The molecule has 1 aliphatic heterocycles. The van der Waals surface area contributed by atoms with E-state index in [-0.39, 0.29) is 5.91 Å². The van der Waals surface area contributed by atoms with Gasteiger partial charge in [-0.15, -0.1) is 0 Å². The van der Waals surface area contributed by atoms with Crippen LogP contribution in [0, 0.1) is 0 Å². The fourth-order valence-electron chi connectivity index (χ4n) is 1.64. The van der Waals surface area contributed by atoms with Crippen molar-refractivity contribution < 1.29 is 9.53 Å². The van der Waals surface area contributed by atoms with Crippen molar-refractivity contribution in [3.8, 4) is 0 Å². The van der Waals surface area contributed by atoms with E-state index >= 15 is 0 Å². The quantitative estimate of drug-likeness (QED) is 0.651. The number of hydrogen-bond donors (Lipinski definition) is 2. The molecule has 0 aliphatic carbocycles. The number of nitrogens with two attached hydrogens (primary N) is 1. The molecule has 16 heavy (non-hydrogen) atoms. The third-order valence-corrected chi connectivity index (χ3v) is 4.27. The van der Waals surface area contributed by atoms with Crippen LogP contribution in [0.2, 0.25) is 0 Å². The minimum absolute atomic E-state index is 0.285. The van der Waals surface area contributed by atoms with Crippen molar-refractivity contribution in [3.63, 3.8) is 0 Å². The van der Waals surface area contributed by atoms with Crippen LogP contribution >= 0.6 is 11.8 Å². The first kappa shape index (κ1) is 13.8. The van der Waals surface area contributed by atoms with E-state index in [1.165, 1.54) is 12.8 Å². The van der Waals surface area contributed by atoms with Crippen molar-refractivity contribution in [2.24, 2.45) is 5.73 Å². The summed E-state index contributed by atoms with van der Waals surface area (Å²) in [5, 5.41) is 2.99. The Morgan fingerprint density at radius 1 is 1.69 bits per heavy atom. The van der Waals surface area contributed by atoms with Crippen molar-refractivity contribution in [1.29, 1.82) is 0 Å². The Morgan fingerprint density at radius 2 is 2.44 bits per heavy atom. The van der Waals surface area contributed by atoms with Gasteiger partial charge in [-0.2, -0.15) is 11.8 Å². The van der Waals surface area contributed by atoms with Gasteiger partial charge in [0.25, 0.3) is 0 Å². The van der Waals surface area contributed by atoms with Crippen molar-refractivity contribution in [2.45, 2.75) is 37.8 Å². The van der Waals surface area contributed by atoms with Crippen LogP contribution in [0.25, 0.3) is 0 Å². The summed E-state index contributed by atoms with van der Waals surface area (Å²) in [6.45, 7) is 2.75. The van der Waals surface area contributed by atoms with Crippen molar-refractivity contribution in [3.05, 3.63) is 0 Å². The molecular weight excluding hydrogens is 224 g/mol. The predicted octanol–water partition coefficient (Wildman–Crippen LogP) is 0.752. The zero-order chi connectivity index (χ0) is 12.0. The van der Waals surface area contributed by atoms with Gasteiger partial charge in [0.15, 0.2) is 0 Å². The molecule has 0 aromatic rings. The maximum absolute atomic E-state index is 11.2. The maximum atomic E-state index is 11.2. The highest BCUT2D eigenvalue weighted by atomic mass is 32.2. The third kappa shape index (κ3) is 3.96. The van der Waals surface area contributed by atoms with Crippen LogP contribution in [0.4, 0.5) is 0 Å². The first-order chi connectivity index (χ1) is 7.58. The monoisotopic (exact) mass is 246 g/mol. The first-order valence-electron chi connectivity index (χ1n) is 5.76. The Labute approximate surface area is 102 Å². The molecule has 0 aromatic carbocycles. The van der Waals surface area contributed by atoms with Crippen LogP contribution in [0.1, 0.15) is 26.2 Å². The van der Waals surface area contributed by atoms with E-state index < -0.39 is 5.54 Å². The molecule has 3 N–H and O–H groups in total. The smallest absolute Gasteiger partial charge is 0.237 e. The summed E-state index contributed by atoms with van der Waals surface area (Å²) in [6.07, 6.45) is 3.53. The van der Waals surface area contributed by atoms with Gasteiger partial charge in [0.05, 0.1) is 11.6 Å². The molecule has 1 saturated heterocycles. The number of rotatable bonds is 7. The molecule has 5 heteroatoms. The number of nitrogens with one attached hydrogen (secondary N) is 1. The zero-order valence-electron chi connectivity index (χ0n) is 10.1. The highest BCUT2D eigenvalue weighted by Gasteiger charge is 2.28. The number of carbonyl (C=O) groups excluding carboxylic acids is 1. The van der Waals surface area contributed by atoms with E-state index in [0.29, 0.717) is 6.10 Å². The molecule has 2 unspecified atom stereocenters. The molecule has 2 atom stereocenters. The van der Waals surface area contributed by atoms with Crippen LogP contribution in [0.15, 0.2) is 0 Å². The molecule has 1 heterocycles. The standard InChI is InChI=1S/C11H22N2O2S/c1-11(13-2,10(12)14)5-7-16-8-9-4-3-6-15-9/h9,13H,3-8H2,1-2H3,(H2,12,14). The summed E-state index contributed by atoms with van der Waals surface area (Å²) in [7, 11) is 1.77. The lowest BCUT2D eigenvalue weighted by atomic mass is 9.99. The van der Waals surface area contributed by atoms with E-state index in [1.54, 1.807) is 7.05 Å². The third-order valence-electron chi connectivity index (χ3n) is 3.17. The number of primary amides is 1. The lowest BCUT2D eigenvalue weighted by molar-refractivity contribution is -0.123. The van der Waals surface area contributed by atoms with Gasteiger partial charge >= 0.3 is 0 Å². The van der Waals surface area contributed by atoms with Gasteiger partial charge in [-0.05, 0) is 39.0 Å². The van der Waals surface area contributed by atoms with Gasteiger partial charge in [-0.25, -0.2) is 0 Å². The summed E-state index contributed by atoms with van der Waals surface area (Å²) < 4.78 is 5.53. The Balaban J connectivity index is 2.15. The summed E-state index contributed by atoms with van der Waals surface area (Å²) in [4.78, 5) is 11.2. The minimum atomic E-state index is -0.580. The van der Waals surface area contributed by atoms with E-state index in [0.717, 1.165) is 24.5 Å². The van der Waals surface area contributed by atoms with Crippen LogP contribution in [0.5, 0.6) is 0 Å². The Kier molecular flexibility index (Phi) is 5.58. The molecule has 0 bridgehead atoms. The van der Waals surface area contributed by atoms with Gasteiger partial charge in [0, 0.05) is 12.4 Å². The van der Waals surface area contributed by atoms with E-state index in [4.69, 9.17) is 10.5 Å². The highest BCUT2D eigenvalue weighted by molar-refractivity contribution is 7.99. The number of ether oxygens (including phenoxy) is 1. The molecule has 4 nitrogen and oxygen atoms in total. The Hall–Kier alpha value is -0.260. The molecular formula is C11H22N2O2S. The van der Waals surface area contributed by atoms with Crippen LogP contribution in [0.3, 0.4) is 0 Å². The maximum Gasteiger partial charge on any atom is 0.237 e. The minimum Gasteiger partial charge on any atom is -0.377 e. The van der Waals surface area contributed by atoms with Crippen molar-refractivity contribution in [1.82, 2.24) is 5.32 Å². The van der Waals surface area contributed by atoms with Crippen LogP contribution in [-0.4, -0.2) is 42.7 Å². The summed E-state index contributed by atoms with van der Waals surface area (Å²) in [5.41, 5.74) is 4.77. The van der Waals surface area contributed by atoms with Crippen LogP contribution in [-0.2, 0) is 9.53 Å². The van der Waals surface area contributed by atoms with Crippen molar-refractivity contribution in [2.75, 3.05) is 25.2 Å². The average Bonchev–Trinajstić information content (AvgIpc) is 2.76. The Bertz CT molecular complexity index is 232. The fourth-order valence-corrected chi connectivity index (χ4v) is 2.88. The van der Waals surface area contributed by atoms with Gasteiger partial charge in [-0.3, -0.25) is 4.79 Å². The molecule has 1 fully saturated rings. The van der Waals surface area contributed by atoms with Gasteiger partial charge < -0.3 is 15.8 Å². The van der Waals surface area contributed by atoms with E-state index in [2.05, 4.69) is 5.32 Å². The topological polar surface area (TPSA) is 64.3 Å².